The van der Waals surface area contributed by atoms with Crippen molar-refractivity contribution < 1.29 is 28.6 Å². The summed E-state index contributed by atoms with van der Waals surface area (Å²) >= 11 is 1.24. The molecule has 0 aliphatic heterocycles. The van der Waals surface area contributed by atoms with Crippen LogP contribution < -0.4 is 14.8 Å². The molecule has 0 radical (unpaired) electrons. The van der Waals surface area contributed by atoms with Crippen molar-refractivity contribution in [1.82, 2.24) is 9.80 Å². The van der Waals surface area contributed by atoms with Gasteiger partial charge >= 0.3 is 5.97 Å². The first-order chi connectivity index (χ1) is 16.2. The highest BCUT2D eigenvalue weighted by Gasteiger charge is 2.24. The number of carbonyl (C=O) groups is 3. The fourth-order valence-electron chi connectivity index (χ4n) is 3.30. The zero-order valence-electron chi connectivity index (χ0n) is 20.6. The highest BCUT2D eigenvalue weighted by atomic mass is 32.1. The van der Waals surface area contributed by atoms with Gasteiger partial charge in [-0.15, -0.1) is 11.3 Å². The lowest BCUT2D eigenvalue weighted by Gasteiger charge is -2.22. The molecule has 1 aromatic carbocycles. The second kappa shape index (κ2) is 13.0. The maximum absolute atomic E-state index is 12.9. The molecule has 9 nitrogen and oxygen atoms in total. The normalized spacial score (nSPS) is 10.7. The highest BCUT2D eigenvalue weighted by molar-refractivity contribution is 7.15. The summed E-state index contributed by atoms with van der Waals surface area (Å²) in [5, 5.41) is 5.03. The van der Waals surface area contributed by atoms with Gasteiger partial charge in [0.2, 0.25) is 11.8 Å². The number of carbonyl (C=O) groups excluding carboxylic acids is 3. The van der Waals surface area contributed by atoms with Gasteiger partial charge in [-0.3, -0.25) is 14.5 Å². The van der Waals surface area contributed by atoms with E-state index in [-0.39, 0.29) is 37.1 Å². The Morgan fingerprint density at radius 1 is 1.03 bits per heavy atom. The molecule has 0 aliphatic rings. The first kappa shape index (κ1) is 27.1. The van der Waals surface area contributed by atoms with E-state index >= 15 is 0 Å². The smallest absolute Gasteiger partial charge is 0.341 e. The second-order valence-corrected chi connectivity index (χ2v) is 8.57. The molecule has 1 N–H and O–H groups in total. The number of ether oxygens (including phenoxy) is 3. The van der Waals surface area contributed by atoms with Crippen LogP contribution in [0.15, 0.2) is 23.6 Å². The van der Waals surface area contributed by atoms with Crippen molar-refractivity contribution in [1.29, 1.82) is 0 Å². The van der Waals surface area contributed by atoms with Gasteiger partial charge in [-0.1, -0.05) is 13.0 Å². The first-order valence-electron chi connectivity index (χ1n) is 11.0. The molecule has 10 heteroatoms. The summed E-state index contributed by atoms with van der Waals surface area (Å²) in [6.45, 7) is 4.67. The number of rotatable bonds is 12. The van der Waals surface area contributed by atoms with E-state index in [1.165, 1.54) is 23.3 Å². The van der Waals surface area contributed by atoms with Crippen LogP contribution in [0.4, 0.5) is 5.00 Å². The van der Waals surface area contributed by atoms with Crippen molar-refractivity contribution in [3.63, 3.8) is 0 Å². The molecule has 0 fully saturated rings. The van der Waals surface area contributed by atoms with E-state index in [4.69, 9.17) is 14.2 Å². The molecule has 34 heavy (non-hydrogen) atoms. The molecule has 0 spiro atoms. The number of hydrogen-bond acceptors (Lipinski definition) is 8. The van der Waals surface area contributed by atoms with E-state index < -0.39 is 5.97 Å². The van der Waals surface area contributed by atoms with Crippen LogP contribution in [0, 0.1) is 0 Å². The number of amides is 2. The van der Waals surface area contributed by atoms with Crippen LogP contribution in [0.1, 0.15) is 30.6 Å². The highest BCUT2D eigenvalue weighted by Crippen LogP contribution is 2.39. The Bertz CT molecular complexity index is 1000. The summed E-state index contributed by atoms with van der Waals surface area (Å²) in [6, 6.07) is 5.34. The Hall–Kier alpha value is -3.11. The molecular formula is C24H33N3O6S. The van der Waals surface area contributed by atoms with Crippen LogP contribution >= 0.6 is 11.3 Å². The van der Waals surface area contributed by atoms with Crippen LogP contribution in [0.25, 0.3) is 11.1 Å². The van der Waals surface area contributed by atoms with Gasteiger partial charge in [-0.05, 0) is 37.6 Å². The lowest BCUT2D eigenvalue weighted by molar-refractivity contribution is -0.130. The van der Waals surface area contributed by atoms with E-state index in [1.54, 1.807) is 50.5 Å². The number of likely N-dealkylation sites (N-methyl/N-ethyl adjacent to an activating group) is 1. The predicted molar refractivity (Wildman–Crippen MR) is 133 cm³/mol. The number of methoxy groups -OCH3 is 2. The summed E-state index contributed by atoms with van der Waals surface area (Å²) in [6.07, 6.45) is 0.796. The molecule has 0 aliphatic carbocycles. The third-order valence-electron chi connectivity index (χ3n) is 4.98. The summed E-state index contributed by atoms with van der Waals surface area (Å²) in [4.78, 5) is 41.1. The third kappa shape index (κ3) is 6.94. The van der Waals surface area contributed by atoms with Crippen molar-refractivity contribution >= 4 is 34.1 Å². The van der Waals surface area contributed by atoms with Crippen molar-refractivity contribution in [2.75, 3.05) is 59.9 Å². The average Bonchev–Trinajstić information content (AvgIpc) is 3.22. The number of nitrogens with zero attached hydrogens (tertiary/aromatic N) is 2. The Morgan fingerprint density at radius 2 is 1.74 bits per heavy atom. The molecule has 0 unspecified atom stereocenters. The molecule has 186 valence electrons. The van der Waals surface area contributed by atoms with Gasteiger partial charge in [0, 0.05) is 25.0 Å². The minimum Gasteiger partial charge on any atom is -0.493 e. The van der Waals surface area contributed by atoms with E-state index in [1.807, 2.05) is 13.0 Å². The zero-order chi connectivity index (χ0) is 25.3. The molecule has 2 rings (SSSR count). The Labute approximate surface area is 204 Å². The Morgan fingerprint density at radius 3 is 2.32 bits per heavy atom. The molecule has 0 atom stereocenters. The topological polar surface area (TPSA) is 97.4 Å². The molecule has 0 saturated carbocycles. The summed E-state index contributed by atoms with van der Waals surface area (Å²) in [5.74, 6) is 0.159. The van der Waals surface area contributed by atoms with E-state index in [9.17, 15) is 14.4 Å². The summed E-state index contributed by atoms with van der Waals surface area (Å²) in [7, 11) is 6.45. The number of thiophene rings is 1. The monoisotopic (exact) mass is 491 g/mol. The van der Waals surface area contributed by atoms with E-state index in [0.29, 0.717) is 28.6 Å². The van der Waals surface area contributed by atoms with Gasteiger partial charge < -0.3 is 24.4 Å². The first-order valence-corrected chi connectivity index (χ1v) is 11.9. The molecule has 0 bridgehead atoms. The quantitative estimate of drug-likeness (QED) is 0.455. The fraction of sp³-hybridized carbons (Fsp3) is 0.458. The minimum atomic E-state index is -0.531. The fourth-order valence-corrected chi connectivity index (χ4v) is 4.28. The third-order valence-corrected chi connectivity index (χ3v) is 5.88. The molecular weight excluding hydrogens is 458 g/mol. The van der Waals surface area contributed by atoms with Gasteiger partial charge in [0.05, 0.1) is 33.9 Å². The van der Waals surface area contributed by atoms with Crippen molar-refractivity contribution in [3.8, 4) is 22.6 Å². The van der Waals surface area contributed by atoms with E-state index in [0.717, 1.165) is 12.0 Å². The summed E-state index contributed by atoms with van der Waals surface area (Å²) in [5.41, 5.74) is 1.62. The maximum Gasteiger partial charge on any atom is 0.341 e. The number of hydrogen-bond donors (Lipinski definition) is 1. The van der Waals surface area contributed by atoms with Gasteiger partial charge in [-0.2, -0.15) is 0 Å². The number of nitrogens with one attached hydrogen (secondary N) is 1. The van der Waals surface area contributed by atoms with Crippen LogP contribution in [0.5, 0.6) is 11.5 Å². The Kier molecular flexibility index (Phi) is 10.3. The summed E-state index contributed by atoms with van der Waals surface area (Å²) < 4.78 is 16.0. The number of benzene rings is 1. The molecule has 1 aromatic heterocycles. The lowest BCUT2D eigenvalue weighted by Crippen LogP contribution is -2.41. The van der Waals surface area contributed by atoms with Crippen LogP contribution in [-0.2, 0) is 14.3 Å². The molecule has 2 aromatic rings. The van der Waals surface area contributed by atoms with Crippen molar-refractivity contribution in [3.05, 3.63) is 29.1 Å². The maximum atomic E-state index is 12.9. The van der Waals surface area contributed by atoms with Gasteiger partial charge in [0.15, 0.2) is 11.5 Å². The standard InChI is InChI=1S/C24H33N3O6S/c1-7-11-27(14-21(29)26(3)4)13-20(28)25-23-22(24(30)33-8-2)17(15-34-23)16-9-10-18(31-5)19(12-16)32-6/h9-10,12,15H,7-8,11,13-14H2,1-6H3,(H,25,28). The molecule has 2 amide bonds. The van der Waals surface area contributed by atoms with Crippen molar-refractivity contribution in [2.24, 2.45) is 0 Å². The van der Waals surface area contributed by atoms with Gasteiger partial charge in [0.1, 0.15) is 10.6 Å². The molecule has 0 saturated heterocycles. The minimum absolute atomic E-state index is 0.0271. The van der Waals surface area contributed by atoms with Gasteiger partial charge in [0.25, 0.3) is 0 Å². The Balaban J connectivity index is 2.33. The average molecular weight is 492 g/mol. The van der Waals surface area contributed by atoms with Crippen LogP contribution in [-0.4, -0.2) is 82.1 Å². The second-order valence-electron chi connectivity index (χ2n) is 7.69. The van der Waals surface area contributed by atoms with Crippen LogP contribution in [0.3, 0.4) is 0 Å². The largest absolute Gasteiger partial charge is 0.493 e. The zero-order valence-corrected chi connectivity index (χ0v) is 21.4. The van der Waals surface area contributed by atoms with Gasteiger partial charge in [-0.25, -0.2) is 4.79 Å². The number of esters is 1. The van der Waals surface area contributed by atoms with E-state index in [2.05, 4.69) is 5.32 Å². The lowest BCUT2D eigenvalue weighted by atomic mass is 10.0. The van der Waals surface area contributed by atoms with Crippen LogP contribution in [0.2, 0.25) is 0 Å². The van der Waals surface area contributed by atoms with Crippen molar-refractivity contribution in [2.45, 2.75) is 20.3 Å². The molecule has 1 heterocycles. The number of anilines is 1. The predicted octanol–water partition coefficient (Wildman–Crippen LogP) is 3.35. The SMILES string of the molecule is CCCN(CC(=O)Nc1scc(-c2ccc(OC)c(OC)c2)c1C(=O)OCC)CC(=O)N(C)C.